The van der Waals surface area contributed by atoms with Crippen molar-refractivity contribution in [2.45, 2.75) is 120 Å². The molecule has 17 rings (SSSR count). The summed E-state index contributed by atoms with van der Waals surface area (Å²) in [6.07, 6.45) is 9.52. The van der Waals surface area contributed by atoms with Gasteiger partial charge in [-0.3, -0.25) is 39.4 Å². The summed E-state index contributed by atoms with van der Waals surface area (Å²) in [6.45, 7) is 4.32. The molecule has 92 heavy (non-hydrogen) atoms. The van der Waals surface area contributed by atoms with Crippen LogP contribution in [0.4, 0.5) is 0 Å². The molecule has 5 aliphatic rings. The van der Waals surface area contributed by atoms with Gasteiger partial charge in [0, 0.05) is 38.4 Å². The minimum absolute atomic E-state index is 0. The molecule has 3 saturated carbocycles. The summed E-state index contributed by atoms with van der Waals surface area (Å²) in [7, 11) is 0. The molecule has 4 amide bonds. The molecule has 4 aromatic heterocycles. The molecule has 5 fully saturated rings. The fraction of sp³-hybridized carbons (Fsp3) is 0.292. The molecule has 12 aromatic rings. The maximum absolute atomic E-state index is 12.2. The van der Waals surface area contributed by atoms with Crippen LogP contribution in [0, 0.1) is 7.43 Å². The Bertz CT molecular complexity index is 4720. The Hall–Kier alpha value is -8.93. The van der Waals surface area contributed by atoms with E-state index in [9.17, 15) is 28.8 Å². The Morgan fingerprint density at radius 2 is 0.793 bits per heavy atom. The number of nitrogens with one attached hydrogen (secondary N) is 2. The fourth-order valence-electron chi connectivity index (χ4n) is 12.6. The van der Waals surface area contributed by atoms with Crippen molar-refractivity contribution in [3.63, 3.8) is 0 Å². The standard InChI is InChI=1S/2C19H16N2O3.C18H17NO3.C15H12BrNO3.CH3.W/c2*22-16-8-6-14(19(23)20-16)18-17-13-5-3-11(10-1-2-10)9-12(13)4-7-15(17)24-21-18;1-2-21-17(20)10-15-18-14-7-5-12(11-3-4-11)9-13(14)6-8-16(18)22-19-15;1-2-19-14(18)8-12-15-11-5-4-10(16)7-9(11)3-6-13(15)20-17-12;;/h2*3-5,7,9-10,14H,1-2,6,8H2,(H,20,22,23);5-9,11H,2-4,10H2,1H3;3-7H,2,8H2,1H3;1H3;/q;;;;-1;. The number of fused-ring (bicyclic) bond motifs is 12. The van der Waals surface area contributed by atoms with Gasteiger partial charge >= 0.3 is 11.9 Å². The molecule has 8 aromatic carbocycles. The summed E-state index contributed by atoms with van der Waals surface area (Å²) in [5.41, 5.74) is 9.45. The molecule has 2 atom stereocenters. The van der Waals surface area contributed by atoms with Crippen LogP contribution in [0.15, 0.2) is 144 Å². The second kappa shape index (κ2) is 26.7. The Balaban J connectivity index is 0.000000118. The first-order chi connectivity index (χ1) is 43.9. The number of benzene rings is 8. The third-order valence-corrected chi connectivity index (χ3v) is 18.1. The monoisotopic (exact) mass is 1470 g/mol. The zero-order chi connectivity index (χ0) is 61.7. The predicted molar refractivity (Wildman–Crippen MR) is 347 cm³/mol. The van der Waals surface area contributed by atoms with Crippen LogP contribution in [0.5, 0.6) is 0 Å². The van der Waals surface area contributed by atoms with E-state index >= 15 is 0 Å². The van der Waals surface area contributed by atoms with Crippen LogP contribution in [0.3, 0.4) is 0 Å². The van der Waals surface area contributed by atoms with Crippen molar-refractivity contribution < 1.29 is 77.4 Å². The molecular formula is C72H64BrN6O12W-. The largest absolute Gasteiger partial charge is 0.466 e. The third kappa shape index (κ3) is 13.0. The van der Waals surface area contributed by atoms with E-state index in [2.05, 4.69) is 108 Å². The average Bonchev–Trinajstić information content (AvgIpc) is 1.57. The SMILES string of the molecule is CCOC(=O)Cc1noc2ccc3cc(Br)ccc3c12.CCOC(=O)Cc1noc2ccc3cc(C4CC4)ccc3c12.O=C1CCC(c2noc3ccc4cc(C5CC5)ccc4c23)C(=O)N1.O=C1CCC(c2noc3ccc4cc(C5CC5)ccc4c23)C(=O)N1.[CH3-].[W]. The van der Waals surface area contributed by atoms with Gasteiger partial charge < -0.3 is 35.0 Å². The molecule has 3 aliphatic carbocycles. The molecule has 20 heteroatoms. The van der Waals surface area contributed by atoms with Gasteiger partial charge in [-0.1, -0.05) is 121 Å². The Labute approximate surface area is 550 Å². The Kier molecular flexibility index (Phi) is 18.4. The molecule has 18 nitrogen and oxygen atoms in total. The molecule has 6 heterocycles. The van der Waals surface area contributed by atoms with E-state index in [4.69, 9.17) is 27.6 Å². The van der Waals surface area contributed by atoms with Gasteiger partial charge in [0.15, 0.2) is 22.3 Å². The van der Waals surface area contributed by atoms with Crippen LogP contribution in [0.1, 0.15) is 147 Å². The number of halogens is 1. The average molecular weight is 1470 g/mol. The first kappa shape index (κ1) is 63.2. The van der Waals surface area contributed by atoms with Gasteiger partial charge in [-0.2, -0.15) is 0 Å². The van der Waals surface area contributed by atoms with Crippen molar-refractivity contribution in [2.75, 3.05) is 13.2 Å². The van der Waals surface area contributed by atoms with E-state index < -0.39 is 11.8 Å². The minimum atomic E-state index is -0.433. The summed E-state index contributed by atoms with van der Waals surface area (Å²) in [6, 6.07) is 41.3. The summed E-state index contributed by atoms with van der Waals surface area (Å²) < 4.78 is 32.6. The van der Waals surface area contributed by atoms with Gasteiger partial charge in [-0.05, 0) is 179 Å². The molecule has 0 spiro atoms. The molecule has 2 N–H and O–H groups in total. The second-order valence-corrected chi connectivity index (χ2v) is 24.7. The molecule has 0 radical (unpaired) electrons. The van der Waals surface area contributed by atoms with Crippen molar-refractivity contribution >= 4 is 138 Å². The number of rotatable bonds is 11. The van der Waals surface area contributed by atoms with Gasteiger partial charge in [0.25, 0.3) is 0 Å². The number of nitrogens with zero attached hydrogens (tertiary/aromatic N) is 4. The van der Waals surface area contributed by atoms with Crippen LogP contribution >= 0.6 is 15.9 Å². The van der Waals surface area contributed by atoms with Crippen molar-refractivity contribution in [3.05, 3.63) is 173 Å². The second-order valence-electron chi connectivity index (χ2n) is 23.7. The number of aromatic nitrogens is 4. The Morgan fingerprint density at radius 3 is 1.15 bits per heavy atom. The minimum Gasteiger partial charge on any atom is -0.466 e. The molecular weight excluding hydrogens is 1400 g/mol. The van der Waals surface area contributed by atoms with E-state index in [1.807, 2.05) is 60.7 Å². The van der Waals surface area contributed by atoms with Gasteiger partial charge in [0.05, 0.1) is 59.4 Å². The normalized spacial score (nSPS) is 17.1. The van der Waals surface area contributed by atoms with Gasteiger partial charge in [-0.15, -0.1) is 0 Å². The number of imide groups is 2. The summed E-state index contributed by atoms with van der Waals surface area (Å²) in [4.78, 5) is 70.6. The van der Waals surface area contributed by atoms with Crippen LogP contribution in [-0.2, 0) is 72.1 Å². The Morgan fingerprint density at radius 1 is 0.457 bits per heavy atom. The molecule has 2 aliphatic heterocycles. The molecule has 0 bridgehead atoms. The van der Waals surface area contributed by atoms with Gasteiger partial charge in [0.1, 0.15) is 22.8 Å². The van der Waals surface area contributed by atoms with E-state index in [1.54, 1.807) is 13.8 Å². The zero-order valence-electron chi connectivity index (χ0n) is 50.8. The van der Waals surface area contributed by atoms with Crippen LogP contribution in [-0.4, -0.2) is 69.4 Å². The molecule has 468 valence electrons. The maximum atomic E-state index is 12.2. The number of piperidine rings is 2. The smallest absolute Gasteiger partial charge is 0.312 e. The first-order valence-corrected chi connectivity index (χ1v) is 31.6. The number of carbonyl (C=O) groups excluding carboxylic acids is 6. The van der Waals surface area contributed by atoms with E-state index in [1.165, 1.54) is 60.6 Å². The number of hydrogen-bond acceptors (Lipinski definition) is 16. The first-order valence-electron chi connectivity index (χ1n) is 30.8. The maximum Gasteiger partial charge on any atom is 0.312 e. The van der Waals surface area contributed by atoms with E-state index in [-0.39, 0.29) is 76.9 Å². The molecule has 2 saturated heterocycles. The van der Waals surface area contributed by atoms with Crippen molar-refractivity contribution in [2.24, 2.45) is 0 Å². The summed E-state index contributed by atoms with van der Waals surface area (Å²) in [5.74, 6) is -0.325. The number of hydrogen-bond donors (Lipinski definition) is 2. The topological polar surface area (TPSA) is 249 Å². The van der Waals surface area contributed by atoms with Gasteiger partial charge in [-0.25, -0.2) is 0 Å². The van der Waals surface area contributed by atoms with Crippen molar-refractivity contribution in [1.29, 1.82) is 0 Å². The summed E-state index contributed by atoms with van der Waals surface area (Å²) in [5, 5.41) is 33.5. The van der Waals surface area contributed by atoms with Gasteiger partial charge in [0.2, 0.25) is 23.6 Å². The number of esters is 2. The van der Waals surface area contributed by atoms with Crippen LogP contribution < -0.4 is 10.6 Å². The fourth-order valence-corrected chi connectivity index (χ4v) is 13.0. The van der Waals surface area contributed by atoms with Crippen LogP contribution in [0.25, 0.3) is 87.0 Å². The molecule has 2 unspecified atom stereocenters. The van der Waals surface area contributed by atoms with E-state index in [0.717, 1.165) is 69.6 Å². The van der Waals surface area contributed by atoms with Crippen LogP contribution in [0.2, 0.25) is 0 Å². The zero-order valence-corrected chi connectivity index (χ0v) is 55.3. The summed E-state index contributed by atoms with van der Waals surface area (Å²) >= 11 is 3.45. The van der Waals surface area contributed by atoms with Crippen molar-refractivity contribution in [1.82, 2.24) is 31.3 Å². The quantitative estimate of drug-likeness (QED) is 0.0694. The number of carbonyl (C=O) groups is 6. The van der Waals surface area contributed by atoms with E-state index in [0.29, 0.717) is 95.8 Å². The number of amides is 4. The predicted octanol–water partition coefficient (Wildman–Crippen LogP) is 15.0. The third-order valence-electron chi connectivity index (χ3n) is 17.6. The number of ether oxygens (including phenoxy) is 2. The van der Waals surface area contributed by atoms with Crippen molar-refractivity contribution in [3.8, 4) is 0 Å².